The molecule has 4 rings (SSSR count). The first-order chi connectivity index (χ1) is 13.8. The number of rotatable bonds is 5. The molecule has 6 nitrogen and oxygen atoms in total. The van der Waals surface area contributed by atoms with Crippen molar-refractivity contribution >= 4 is 11.7 Å². The maximum atomic E-state index is 14.4. The number of urea groups is 1. The van der Waals surface area contributed by atoms with E-state index in [1.807, 2.05) is 13.8 Å². The van der Waals surface area contributed by atoms with Crippen molar-refractivity contribution in [2.24, 2.45) is 5.92 Å². The predicted molar refractivity (Wildman–Crippen MR) is 105 cm³/mol. The Bertz CT molecular complexity index is 1000. The molecule has 0 spiro atoms. The number of nitriles is 1. The minimum Gasteiger partial charge on any atom is -0.486 e. The predicted octanol–water partition coefficient (Wildman–Crippen LogP) is 3.97. The van der Waals surface area contributed by atoms with E-state index in [2.05, 4.69) is 16.7 Å². The van der Waals surface area contributed by atoms with Crippen molar-refractivity contribution in [3.8, 4) is 11.8 Å². The molecule has 2 aromatic carbocycles. The zero-order chi connectivity index (χ0) is 20.6. The van der Waals surface area contributed by atoms with Gasteiger partial charge in [0, 0.05) is 17.7 Å². The Morgan fingerprint density at radius 3 is 2.83 bits per heavy atom. The van der Waals surface area contributed by atoms with E-state index in [1.54, 1.807) is 30.3 Å². The summed E-state index contributed by atoms with van der Waals surface area (Å²) in [5, 5.41) is 14.6. The van der Waals surface area contributed by atoms with Gasteiger partial charge in [0.2, 0.25) is 0 Å². The number of halogens is 1. The molecular formula is C22H22FN3O3. The zero-order valence-corrected chi connectivity index (χ0v) is 16.3. The summed E-state index contributed by atoms with van der Waals surface area (Å²) in [7, 11) is 0. The molecule has 1 saturated heterocycles. The molecule has 2 amide bonds. The fraction of sp³-hybridized carbons (Fsp3) is 0.364. The molecule has 1 heterocycles. The molecule has 2 N–H and O–H groups in total. The minimum atomic E-state index is -0.578. The normalized spacial score (nSPS) is 23.6. The summed E-state index contributed by atoms with van der Waals surface area (Å²) < 4.78 is 25.6. The van der Waals surface area contributed by atoms with Crippen LogP contribution in [0.3, 0.4) is 0 Å². The molecule has 2 fully saturated rings. The van der Waals surface area contributed by atoms with E-state index in [0.717, 1.165) is 12.0 Å². The van der Waals surface area contributed by atoms with Crippen LogP contribution in [-0.4, -0.2) is 23.8 Å². The summed E-state index contributed by atoms with van der Waals surface area (Å²) in [6, 6.07) is 12.9. The molecule has 0 bridgehead atoms. The Labute approximate surface area is 168 Å². The maximum absolute atomic E-state index is 14.4. The van der Waals surface area contributed by atoms with Gasteiger partial charge in [-0.2, -0.15) is 5.26 Å². The molecular weight excluding hydrogens is 373 g/mol. The van der Waals surface area contributed by atoms with E-state index in [0.29, 0.717) is 23.8 Å². The summed E-state index contributed by atoms with van der Waals surface area (Å²) in [5.74, 6) is -0.175. The van der Waals surface area contributed by atoms with Crippen molar-refractivity contribution in [3.05, 3.63) is 59.4 Å². The molecule has 2 atom stereocenters. The number of carbonyl (C=O) groups excluding carboxylic acids is 1. The summed E-state index contributed by atoms with van der Waals surface area (Å²) in [6.45, 7) is 4.72. The number of hydrogen-bond acceptors (Lipinski definition) is 4. The Kier molecular flexibility index (Phi) is 4.67. The lowest BCUT2D eigenvalue weighted by Crippen LogP contribution is -2.52. The van der Waals surface area contributed by atoms with Crippen molar-refractivity contribution in [2.75, 3.05) is 11.9 Å². The van der Waals surface area contributed by atoms with Crippen LogP contribution in [0.2, 0.25) is 0 Å². The van der Waals surface area contributed by atoms with Gasteiger partial charge in [-0.15, -0.1) is 0 Å². The SMILES string of the molecule is CC1(C)OCC2CC21NC(=O)Nc1ccc(OCc2cccc(C#N)c2)c(F)c1. The highest BCUT2D eigenvalue weighted by atomic mass is 19.1. The topological polar surface area (TPSA) is 83.4 Å². The monoisotopic (exact) mass is 395 g/mol. The quantitative estimate of drug-likeness (QED) is 0.803. The smallest absolute Gasteiger partial charge is 0.319 e. The van der Waals surface area contributed by atoms with Crippen LogP contribution in [0.1, 0.15) is 31.4 Å². The third kappa shape index (κ3) is 3.64. The average molecular weight is 395 g/mol. The van der Waals surface area contributed by atoms with Gasteiger partial charge < -0.3 is 20.1 Å². The van der Waals surface area contributed by atoms with E-state index < -0.39 is 11.4 Å². The molecule has 7 heteroatoms. The first-order valence-corrected chi connectivity index (χ1v) is 9.47. The van der Waals surface area contributed by atoms with Crippen LogP contribution in [0.5, 0.6) is 5.75 Å². The standard InChI is InChI=1S/C22H22FN3O3/c1-21(2)22(10-16(22)13-29-21)26-20(27)25-17-6-7-19(18(23)9-17)28-12-15-5-3-4-14(8-15)11-24/h3-9,16H,10,12-13H2,1-2H3,(H2,25,26,27). The van der Waals surface area contributed by atoms with Gasteiger partial charge in [-0.25, -0.2) is 9.18 Å². The number of anilines is 1. The fourth-order valence-corrected chi connectivity index (χ4v) is 3.96. The summed E-state index contributed by atoms with van der Waals surface area (Å²) in [5.41, 5.74) is 0.858. The van der Waals surface area contributed by atoms with E-state index in [1.165, 1.54) is 12.1 Å². The lowest BCUT2D eigenvalue weighted by atomic mass is 9.96. The van der Waals surface area contributed by atoms with Crippen LogP contribution in [0, 0.1) is 23.1 Å². The largest absolute Gasteiger partial charge is 0.486 e. The highest BCUT2D eigenvalue weighted by Gasteiger charge is 2.69. The van der Waals surface area contributed by atoms with Gasteiger partial charge >= 0.3 is 6.03 Å². The van der Waals surface area contributed by atoms with Gasteiger partial charge in [0.05, 0.1) is 29.4 Å². The Morgan fingerprint density at radius 1 is 1.34 bits per heavy atom. The summed E-state index contributed by atoms with van der Waals surface area (Å²) in [4.78, 5) is 12.4. The average Bonchev–Trinajstić information content (AvgIpc) is 3.34. The van der Waals surface area contributed by atoms with Crippen LogP contribution in [0.15, 0.2) is 42.5 Å². The molecule has 150 valence electrons. The van der Waals surface area contributed by atoms with Gasteiger partial charge in [0.15, 0.2) is 11.6 Å². The molecule has 2 aliphatic rings. The van der Waals surface area contributed by atoms with Gasteiger partial charge in [-0.1, -0.05) is 12.1 Å². The van der Waals surface area contributed by atoms with Crippen LogP contribution >= 0.6 is 0 Å². The molecule has 1 saturated carbocycles. The van der Waals surface area contributed by atoms with Crippen molar-refractivity contribution in [1.82, 2.24) is 5.32 Å². The zero-order valence-electron chi connectivity index (χ0n) is 16.3. The minimum absolute atomic E-state index is 0.0736. The highest BCUT2D eigenvalue weighted by molar-refractivity contribution is 5.90. The van der Waals surface area contributed by atoms with Gasteiger partial charge in [0.1, 0.15) is 6.61 Å². The summed E-state index contributed by atoms with van der Waals surface area (Å²) >= 11 is 0. The number of nitrogens with one attached hydrogen (secondary N) is 2. The molecule has 0 aromatic heterocycles. The number of hydrogen-bond donors (Lipinski definition) is 2. The molecule has 2 aromatic rings. The maximum Gasteiger partial charge on any atom is 0.319 e. The van der Waals surface area contributed by atoms with Gasteiger partial charge in [-0.05, 0) is 50.1 Å². The van der Waals surface area contributed by atoms with Crippen molar-refractivity contribution in [1.29, 1.82) is 5.26 Å². The van der Waals surface area contributed by atoms with Crippen molar-refractivity contribution in [2.45, 2.75) is 38.0 Å². The van der Waals surface area contributed by atoms with E-state index in [9.17, 15) is 9.18 Å². The first kappa shape index (κ1) is 19.2. The summed E-state index contributed by atoms with van der Waals surface area (Å²) in [6.07, 6.45) is 0.890. The number of benzene rings is 2. The third-order valence-electron chi connectivity index (χ3n) is 5.80. The highest BCUT2D eigenvalue weighted by Crippen LogP contribution is 2.57. The number of carbonyl (C=O) groups is 1. The molecule has 29 heavy (non-hydrogen) atoms. The van der Waals surface area contributed by atoms with Crippen LogP contribution in [0.4, 0.5) is 14.9 Å². The number of nitrogens with zero attached hydrogens (tertiary/aromatic N) is 1. The Balaban J connectivity index is 1.36. The molecule has 1 aliphatic heterocycles. The lowest BCUT2D eigenvalue weighted by molar-refractivity contribution is -0.00667. The van der Waals surface area contributed by atoms with E-state index in [-0.39, 0.29) is 23.9 Å². The second-order valence-electron chi connectivity index (χ2n) is 8.02. The Morgan fingerprint density at radius 2 is 2.17 bits per heavy atom. The van der Waals surface area contributed by atoms with Crippen LogP contribution in [0.25, 0.3) is 0 Å². The van der Waals surface area contributed by atoms with Gasteiger partial charge in [0.25, 0.3) is 0 Å². The fourth-order valence-electron chi connectivity index (χ4n) is 3.96. The molecule has 2 unspecified atom stereocenters. The number of fused-ring (bicyclic) bond motifs is 1. The number of ether oxygens (including phenoxy) is 2. The van der Waals surface area contributed by atoms with Crippen LogP contribution < -0.4 is 15.4 Å². The molecule has 0 radical (unpaired) electrons. The van der Waals surface area contributed by atoms with Crippen molar-refractivity contribution < 1.29 is 18.7 Å². The number of amides is 2. The van der Waals surface area contributed by atoms with E-state index >= 15 is 0 Å². The second kappa shape index (κ2) is 7.05. The first-order valence-electron chi connectivity index (χ1n) is 9.47. The van der Waals surface area contributed by atoms with Crippen molar-refractivity contribution in [3.63, 3.8) is 0 Å². The van der Waals surface area contributed by atoms with E-state index in [4.69, 9.17) is 14.7 Å². The van der Waals surface area contributed by atoms with Gasteiger partial charge in [-0.3, -0.25) is 0 Å². The third-order valence-corrected chi connectivity index (χ3v) is 5.80. The Hall–Kier alpha value is -3.11. The molecule has 1 aliphatic carbocycles. The second-order valence-corrected chi connectivity index (χ2v) is 8.02. The van der Waals surface area contributed by atoms with Crippen LogP contribution in [-0.2, 0) is 11.3 Å². The lowest BCUT2D eigenvalue weighted by Gasteiger charge is -2.31.